The number of ether oxygens (including phenoxy) is 1. The van der Waals surface area contributed by atoms with Gasteiger partial charge in [0.15, 0.2) is 0 Å². The largest absolute Gasteiger partial charge is 0.390 e. The number of rotatable bonds is 4. The number of morpholine rings is 1. The second kappa shape index (κ2) is 9.86. The van der Waals surface area contributed by atoms with Gasteiger partial charge in [0.1, 0.15) is 11.8 Å². The van der Waals surface area contributed by atoms with Gasteiger partial charge in [-0.25, -0.2) is 5.06 Å². The number of benzene rings is 2. The number of carbonyl (C=O) groups excluding carboxylic acids is 1. The molecule has 2 aliphatic rings. The molecule has 4 rings (SSSR count). The minimum absolute atomic E-state index is 0.0304. The Morgan fingerprint density at radius 1 is 1.00 bits per heavy atom. The molecule has 0 aromatic heterocycles. The van der Waals surface area contributed by atoms with Gasteiger partial charge in [-0.2, -0.15) is 0 Å². The lowest BCUT2D eigenvalue weighted by Gasteiger charge is -2.29. The molecule has 0 bridgehead atoms. The molecule has 1 fully saturated rings. The van der Waals surface area contributed by atoms with Crippen LogP contribution in [0.1, 0.15) is 28.3 Å². The van der Waals surface area contributed by atoms with Crippen molar-refractivity contribution in [2.45, 2.75) is 12.6 Å². The lowest BCUT2D eigenvalue weighted by molar-refractivity contribution is -0.169. The summed E-state index contributed by atoms with van der Waals surface area (Å²) in [7, 11) is 0. The molecule has 2 aromatic rings. The molecule has 31 heavy (non-hydrogen) atoms. The van der Waals surface area contributed by atoms with Crippen LogP contribution in [0.4, 0.5) is 0 Å². The van der Waals surface area contributed by atoms with E-state index >= 15 is 0 Å². The van der Waals surface area contributed by atoms with Crippen LogP contribution in [-0.2, 0) is 16.1 Å². The summed E-state index contributed by atoms with van der Waals surface area (Å²) in [6, 6.07) is 15.1. The summed E-state index contributed by atoms with van der Waals surface area (Å²) in [5, 5.41) is 19.8. The lowest BCUT2D eigenvalue weighted by atomic mass is 10.0. The zero-order chi connectivity index (χ0) is 21.6. The van der Waals surface area contributed by atoms with Crippen molar-refractivity contribution in [2.75, 3.05) is 39.5 Å². The highest BCUT2D eigenvalue weighted by Gasteiger charge is 2.31. The van der Waals surface area contributed by atoms with E-state index in [1.807, 2.05) is 36.4 Å². The molecule has 0 spiro atoms. The number of nitrogens with zero attached hydrogens (tertiary/aromatic N) is 3. The molecule has 0 aliphatic carbocycles. The second-order valence-electron chi connectivity index (χ2n) is 7.57. The van der Waals surface area contributed by atoms with Gasteiger partial charge in [-0.15, -0.1) is 0 Å². The van der Waals surface area contributed by atoms with Crippen molar-refractivity contribution in [3.05, 3.63) is 70.8 Å². The van der Waals surface area contributed by atoms with Gasteiger partial charge in [-0.05, 0) is 35.4 Å². The molecule has 2 aliphatic heterocycles. The van der Waals surface area contributed by atoms with Crippen LogP contribution in [0.2, 0.25) is 0 Å². The first kappa shape index (κ1) is 21.2. The van der Waals surface area contributed by atoms with Crippen molar-refractivity contribution in [3.8, 4) is 11.8 Å². The minimum Gasteiger partial charge on any atom is -0.390 e. The van der Waals surface area contributed by atoms with Gasteiger partial charge in [-0.1, -0.05) is 36.1 Å². The van der Waals surface area contributed by atoms with Crippen molar-refractivity contribution in [2.24, 2.45) is 4.99 Å². The number of aliphatic imine (C=N–C) groups is 1. The van der Waals surface area contributed by atoms with E-state index in [0.29, 0.717) is 5.06 Å². The Balaban J connectivity index is 1.38. The van der Waals surface area contributed by atoms with Gasteiger partial charge in [0.05, 0.1) is 26.4 Å². The molecule has 1 unspecified atom stereocenters. The molecule has 7 heteroatoms. The van der Waals surface area contributed by atoms with Crippen LogP contribution in [0.5, 0.6) is 0 Å². The molecule has 0 radical (unpaired) electrons. The SMILES string of the molecule is O=C1C(CO)=NCC(c2ccc(C#Cc3ccc(CN4CCOCC4)cc3)cc2)N1O. The summed E-state index contributed by atoms with van der Waals surface area (Å²) in [6.07, 6.45) is 0. The molecule has 0 saturated carbocycles. The topological polar surface area (TPSA) is 85.6 Å². The highest BCUT2D eigenvalue weighted by atomic mass is 16.5. The van der Waals surface area contributed by atoms with Crippen LogP contribution in [0.3, 0.4) is 0 Å². The number of hydrogen-bond donors (Lipinski definition) is 2. The fourth-order valence-electron chi connectivity index (χ4n) is 3.62. The van der Waals surface area contributed by atoms with Crippen LogP contribution < -0.4 is 0 Å². The Morgan fingerprint density at radius 2 is 1.61 bits per heavy atom. The number of aliphatic hydroxyl groups excluding tert-OH is 1. The van der Waals surface area contributed by atoms with Crippen LogP contribution in [0, 0.1) is 11.8 Å². The Labute approximate surface area is 181 Å². The fraction of sp³-hybridized carbons (Fsp3) is 0.333. The van der Waals surface area contributed by atoms with E-state index in [2.05, 4.69) is 33.9 Å². The van der Waals surface area contributed by atoms with Crippen molar-refractivity contribution < 1.29 is 19.8 Å². The summed E-state index contributed by atoms with van der Waals surface area (Å²) in [5.74, 6) is 5.65. The summed E-state index contributed by atoms with van der Waals surface area (Å²) >= 11 is 0. The Morgan fingerprint density at radius 3 is 2.23 bits per heavy atom. The Bertz CT molecular complexity index is 1000. The predicted molar refractivity (Wildman–Crippen MR) is 116 cm³/mol. The molecule has 160 valence electrons. The van der Waals surface area contributed by atoms with Crippen LogP contribution in [0.25, 0.3) is 0 Å². The van der Waals surface area contributed by atoms with Crippen molar-refractivity contribution >= 4 is 11.6 Å². The second-order valence-corrected chi connectivity index (χ2v) is 7.57. The van der Waals surface area contributed by atoms with Crippen molar-refractivity contribution in [3.63, 3.8) is 0 Å². The molecule has 1 amide bonds. The average Bonchev–Trinajstić information content (AvgIpc) is 2.81. The van der Waals surface area contributed by atoms with Gasteiger partial charge < -0.3 is 9.84 Å². The molecule has 1 saturated heterocycles. The maximum atomic E-state index is 12.0. The van der Waals surface area contributed by atoms with Crippen LogP contribution >= 0.6 is 0 Å². The molecule has 7 nitrogen and oxygen atoms in total. The van der Waals surface area contributed by atoms with E-state index < -0.39 is 18.6 Å². The molecule has 1 atom stereocenters. The number of carbonyl (C=O) groups is 1. The number of hydrogen-bond acceptors (Lipinski definition) is 6. The highest BCUT2D eigenvalue weighted by molar-refractivity contribution is 6.39. The summed E-state index contributed by atoms with van der Waals surface area (Å²) in [6.45, 7) is 4.18. The van der Waals surface area contributed by atoms with Gasteiger partial charge in [0.2, 0.25) is 0 Å². The zero-order valence-electron chi connectivity index (χ0n) is 17.2. The van der Waals surface area contributed by atoms with Gasteiger partial charge in [0.25, 0.3) is 5.91 Å². The third kappa shape index (κ3) is 5.19. The summed E-state index contributed by atoms with van der Waals surface area (Å²) in [4.78, 5) is 18.4. The van der Waals surface area contributed by atoms with E-state index in [1.54, 1.807) is 0 Å². The van der Waals surface area contributed by atoms with Crippen LogP contribution in [0.15, 0.2) is 53.5 Å². The summed E-state index contributed by atoms with van der Waals surface area (Å²) in [5.41, 5.74) is 3.78. The molecule has 2 aromatic carbocycles. The molecule has 2 heterocycles. The average molecular weight is 419 g/mol. The van der Waals surface area contributed by atoms with Crippen molar-refractivity contribution in [1.82, 2.24) is 9.96 Å². The zero-order valence-corrected chi connectivity index (χ0v) is 17.2. The quantitative estimate of drug-likeness (QED) is 0.581. The van der Waals surface area contributed by atoms with E-state index in [1.165, 1.54) is 5.56 Å². The monoisotopic (exact) mass is 419 g/mol. The first-order chi connectivity index (χ1) is 15.1. The van der Waals surface area contributed by atoms with Gasteiger partial charge in [-0.3, -0.25) is 19.9 Å². The molecular weight excluding hydrogens is 394 g/mol. The Kier molecular flexibility index (Phi) is 6.75. The maximum absolute atomic E-state index is 12.0. The standard InChI is InChI=1S/C24H25N3O4/c28-17-22-24(29)27(30)23(15-25-22)21-9-7-19(8-10-21)2-1-18-3-5-20(6-4-18)16-26-11-13-31-14-12-26/h3-10,23,28,30H,11-17H2. The third-order valence-corrected chi connectivity index (χ3v) is 5.47. The highest BCUT2D eigenvalue weighted by Crippen LogP contribution is 2.23. The van der Waals surface area contributed by atoms with E-state index in [-0.39, 0.29) is 12.3 Å². The first-order valence-electron chi connectivity index (χ1n) is 10.3. The predicted octanol–water partition coefficient (Wildman–Crippen LogP) is 1.62. The van der Waals surface area contributed by atoms with Gasteiger partial charge >= 0.3 is 0 Å². The molecule has 2 N–H and O–H groups in total. The summed E-state index contributed by atoms with van der Waals surface area (Å²) < 4.78 is 5.39. The number of aliphatic hydroxyl groups is 1. The number of amides is 1. The smallest absolute Gasteiger partial charge is 0.294 e. The molecular formula is C24H25N3O4. The third-order valence-electron chi connectivity index (χ3n) is 5.47. The fourth-order valence-corrected chi connectivity index (χ4v) is 3.62. The first-order valence-corrected chi connectivity index (χ1v) is 10.3. The maximum Gasteiger partial charge on any atom is 0.294 e. The van der Waals surface area contributed by atoms with E-state index in [0.717, 1.165) is 49.5 Å². The van der Waals surface area contributed by atoms with E-state index in [4.69, 9.17) is 9.84 Å². The van der Waals surface area contributed by atoms with E-state index in [9.17, 15) is 10.0 Å². The van der Waals surface area contributed by atoms with Crippen LogP contribution in [-0.4, -0.2) is 71.4 Å². The van der Waals surface area contributed by atoms with Crippen molar-refractivity contribution in [1.29, 1.82) is 0 Å². The minimum atomic E-state index is -0.667. The Hall–Kier alpha value is -3.02. The normalized spacial score (nSPS) is 19.5. The lowest BCUT2D eigenvalue weighted by Crippen LogP contribution is -2.43. The van der Waals surface area contributed by atoms with Gasteiger partial charge in [0, 0.05) is 30.8 Å². The number of hydroxylamine groups is 2.